The number of rotatable bonds is 4. The molecule has 0 radical (unpaired) electrons. The maximum atomic E-state index is 5.74. The number of aromatic amines is 1. The number of benzene rings is 1. The molecule has 8 nitrogen and oxygen atoms in total. The molecule has 3 N–H and O–H groups in total. The number of imidazole rings is 1. The van der Waals surface area contributed by atoms with E-state index in [2.05, 4.69) is 24.9 Å². The minimum Gasteiger partial charge on any atom is -0.467 e. The first-order valence-electron chi connectivity index (χ1n) is 5.95. The van der Waals surface area contributed by atoms with Crippen molar-refractivity contribution in [3.05, 3.63) is 18.2 Å². The van der Waals surface area contributed by atoms with Crippen molar-refractivity contribution in [2.24, 2.45) is 0 Å². The number of aromatic nitrogens is 5. The highest BCUT2D eigenvalue weighted by Crippen LogP contribution is 2.27. The predicted octanol–water partition coefficient (Wildman–Crippen LogP) is 1.50. The summed E-state index contributed by atoms with van der Waals surface area (Å²) in [5.74, 6) is 0. The standard InChI is InChI=1S/C12H12N6O2S/c1-19-9-16-10(20-2)18-12(17-9)21-11-14-7-4-3-6(13)5-8(7)15-11/h3-5H,13H2,1-2H3,(H,14,15). The van der Waals surface area contributed by atoms with Gasteiger partial charge in [0.25, 0.3) is 0 Å². The van der Waals surface area contributed by atoms with Crippen molar-refractivity contribution in [2.45, 2.75) is 10.3 Å². The van der Waals surface area contributed by atoms with Crippen LogP contribution in [0.3, 0.4) is 0 Å². The molecule has 1 aromatic carbocycles. The molecule has 0 unspecified atom stereocenters. The summed E-state index contributed by atoms with van der Waals surface area (Å²) in [6.45, 7) is 0. The van der Waals surface area contributed by atoms with E-state index in [9.17, 15) is 0 Å². The summed E-state index contributed by atoms with van der Waals surface area (Å²) < 4.78 is 10.0. The molecule has 0 saturated heterocycles. The Morgan fingerprint density at radius 3 is 2.43 bits per heavy atom. The van der Waals surface area contributed by atoms with Gasteiger partial charge in [-0.3, -0.25) is 0 Å². The van der Waals surface area contributed by atoms with Crippen LogP contribution in [0.4, 0.5) is 5.69 Å². The van der Waals surface area contributed by atoms with Crippen LogP contribution in [0.5, 0.6) is 12.0 Å². The second-order valence-electron chi connectivity index (χ2n) is 4.01. The number of nitrogens with one attached hydrogen (secondary N) is 1. The Morgan fingerprint density at radius 1 is 1.05 bits per heavy atom. The minimum atomic E-state index is 0.185. The Bertz CT molecular complexity index is 768. The fourth-order valence-electron chi connectivity index (χ4n) is 1.69. The zero-order chi connectivity index (χ0) is 14.8. The molecule has 3 aromatic rings. The molecule has 0 amide bonds. The van der Waals surface area contributed by atoms with Crippen LogP contribution in [0.2, 0.25) is 0 Å². The average Bonchev–Trinajstić information content (AvgIpc) is 2.87. The van der Waals surface area contributed by atoms with Crippen molar-refractivity contribution in [3.63, 3.8) is 0 Å². The molecule has 0 aliphatic carbocycles. The first-order valence-corrected chi connectivity index (χ1v) is 6.77. The third-order valence-corrected chi connectivity index (χ3v) is 3.36. The molecule has 0 fully saturated rings. The van der Waals surface area contributed by atoms with Gasteiger partial charge in [-0.2, -0.15) is 9.97 Å². The first-order chi connectivity index (χ1) is 10.2. The van der Waals surface area contributed by atoms with Gasteiger partial charge in [-0.05, 0) is 30.0 Å². The van der Waals surface area contributed by atoms with E-state index in [4.69, 9.17) is 15.2 Å². The maximum absolute atomic E-state index is 5.74. The van der Waals surface area contributed by atoms with Crippen LogP contribution >= 0.6 is 11.8 Å². The van der Waals surface area contributed by atoms with Gasteiger partial charge in [0, 0.05) is 5.69 Å². The second kappa shape index (κ2) is 5.44. The topological polar surface area (TPSA) is 112 Å². The van der Waals surface area contributed by atoms with Gasteiger partial charge < -0.3 is 20.2 Å². The van der Waals surface area contributed by atoms with E-state index in [0.29, 0.717) is 16.0 Å². The summed E-state index contributed by atoms with van der Waals surface area (Å²) in [7, 11) is 2.96. The lowest BCUT2D eigenvalue weighted by atomic mass is 10.3. The molecule has 0 bridgehead atoms. The lowest BCUT2D eigenvalue weighted by Crippen LogP contribution is -2.00. The normalized spacial score (nSPS) is 10.8. The molecule has 0 aliphatic heterocycles. The number of H-pyrrole nitrogens is 1. The molecule has 108 valence electrons. The fourth-order valence-corrected chi connectivity index (χ4v) is 2.41. The summed E-state index contributed by atoms with van der Waals surface area (Å²) in [4.78, 5) is 19.8. The van der Waals surface area contributed by atoms with Crippen LogP contribution in [0.1, 0.15) is 0 Å². The molecule has 2 aromatic heterocycles. The summed E-state index contributed by atoms with van der Waals surface area (Å²) in [5.41, 5.74) is 8.08. The Hall–Kier alpha value is -2.55. The monoisotopic (exact) mass is 304 g/mol. The summed E-state index contributed by atoms with van der Waals surface area (Å²) in [6, 6.07) is 5.84. The van der Waals surface area contributed by atoms with Crippen LogP contribution in [0, 0.1) is 0 Å². The van der Waals surface area contributed by atoms with Gasteiger partial charge in [-0.25, -0.2) is 4.98 Å². The van der Waals surface area contributed by atoms with E-state index in [1.54, 1.807) is 6.07 Å². The molecule has 0 atom stereocenters. The molecule has 3 rings (SSSR count). The van der Waals surface area contributed by atoms with Crippen molar-refractivity contribution in [1.29, 1.82) is 0 Å². The highest BCUT2D eigenvalue weighted by molar-refractivity contribution is 7.99. The largest absolute Gasteiger partial charge is 0.467 e. The molecule has 0 spiro atoms. The number of nitrogens with two attached hydrogens (primary N) is 1. The molecule has 9 heteroatoms. The Morgan fingerprint density at radius 2 is 1.76 bits per heavy atom. The van der Waals surface area contributed by atoms with Gasteiger partial charge in [0.2, 0.25) is 5.16 Å². The van der Waals surface area contributed by atoms with Crippen molar-refractivity contribution in [2.75, 3.05) is 20.0 Å². The maximum Gasteiger partial charge on any atom is 0.323 e. The number of hydrogen-bond acceptors (Lipinski definition) is 8. The lowest BCUT2D eigenvalue weighted by molar-refractivity contribution is 0.332. The molecule has 2 heterocycles. The number of fused-ring (bicyclic) bond motifs is 1. The minimum absolute atomic E-state index is 0.185. The van der Waals surface area contributed by atoms with E-state index >= 15 is 0 Å². The Labute approximate surface area is 124 Å². The van der Waals surface area contributed by atoms with Gasteiger partial charge in [-0.15, -0.1) is 4.98 Å². The number of nitrogens with zero attached hydrogens (tertiary/aromatic N) is 4. The fraction of sp³-hybridized carbons (Fsp3) is 0.167. The average molecular weight is 304 g/mol. The lowest BCUT2D eigenvalue weighted by Gasteiger charge is -2.02. The van der Waals surface area contributed by atoms with E-state index in [0.717, 1.165) is 11.0 Å². The van der Waals surface area contributed by atoms with E-state index in [1.165, 1.54) is 26.0 Å². The third kappa shape index (κ3) is 2.82. The highest BCUT2D eigenvalue weighted by Gasteiger charge is 2.11. The Kier molecular flexibility index (Phi) is 3.48. The number of anilines is 1. The zero-order valence-electron chi connectivity index (χ0n) is 11.3. The molecule has 0 saturated carbocycles. The summed E-state index contributed by atoms with van der Waals surface area (Å²) in [5, 5.41) is 1.07. The predicted molar refractivity (Wildman–Crippen MR) is 77.6 cm³/mol. The van der Waals surface area contributed by atoms with E-state index < -0.39 is 0 Å². The quantitative estimate of drug-likeness (QED) is 0.697. The SMILES string of the molecule is COc1nc(OC)nc(Sc2nc3ccc(N)cc3[nH]2)n1. The molecular formula is C12H12N6O2S. The van der Waals surface area contributed by atoms with Crippen LogP contribution in [-0.4, -0.2) is 39.1 Å². The summed E-state index contributed by atoms with van der Waals surface area (Å²) >= 11 is 1.25. The van der Waals surface area contributed by atoms with Crippen LogP contribution < -0.4 is 15.2 Å². The van der Waals surface area contributed by atoms with Crippen molar-refractivity contribution in [1.82, 2.24) is 24.9 Å². The molecular weight excluding hydrogens is 292 g/mol. The first kappa shape index (κ1) is 13.4. The molecule has 0 aliphatic rings. The Balaban J connectivity index is 1.94. The van der Waals surface area contributed by atoms with Crippen molar-refractivity contribution >= 4 is 28.5 Å². The number of hydrogen-bond donors (Lipinski definition) is 2. The van der Waals surface area contributed by atoms with Crippen molar-refractivity contribution < 1.29 is 9.47 Å². The van der Waals surface area contributed by atoms with Gasteiger partial charge in [0.1, 0.15) is 0 Å². The number of methoxy groups -OCH3 is 2. The summed E-state index contributed by atoms with van der Waals surface area (Å²) in [6.07, 6.45) is 0. The van der Waals surface area contributed by atoms with Gasteiger partial charge in [-0.1, -0.05) is 0 Å². The zero-order valence-corrected chi connectivity index (χ0v) is 12.1. The molecule has 21 heavy (non-hydrogen) atoms. The number of nitrogen functional groups attached to an aromatic ring is 1. The second-order valence-corrected chi connectivity index (χ2v) is 4.97. The van der Waals surface area contributed by atoms with Gasteiger partial charge >= 0.3 is 12.0 Å². The third-order valence-electron chi connectivity index (χ3n) is 2.61. The van der Waals surface area contributed by atoms with Gasteiger partial charge in [0.15, 0.2) is 5.16 Å². The van der Waals surface area contributed by atoms with Crippen LogP contribution in [0.25, 0.3) is 11.0 Å². The smallest absolute Gasteiger partial charge is 0.323 e. The van der Waals surface area contributed by atoms with Gasteiger partial charge in [0.05, 0.1) is 25.3 Å². The van der Waals surface area contributed by atoms with Crippen LogP contribution in [-0.2, 0) is 0 Å². The van der Waals surface area contributed by atoms with E-state index in [1.807, 2.05) is 12.1 Å². The highest BCUT2D eigenvalue weighted by atomic mass is 32.2. The number of ether oxygens (including phenoxy) is 2. The van der Waals surface area contributed by atoms with Crippen molar-refractivity contribution in [3.8, 4) is 12.0 Å². The van der Waals surface area contributed by atoms with Crippen LogP contribution in [0.15, 0.2) is 28.5 Å². The van der Waals surface area contributed by atoms with E-state index in [-0.39, 0.29) is 12.0 Å².